The first-order valence-corrected chi connectivity index (χ1v) is 6.53. The minimum atomic E-state index is -0.390. The quantitative estimate of drug-likeness (QED) is 0.690. The Hall–Kier alpha value is -1.64. The van der Waals surface area contributed by atoms with Gasteiger partial charge in [-0.15, -0.1) is 12.4 Å². The van der Waals surface area contributed by atoms with E-state index < -0.39 is 6.67 Å². The lowest BCUT2D eigenvalue weighted by Gasteiger charge is -2.17. The highest BCUT2D eigenvalue weighted by Gasteiger charge is 2.13. The van der Waals surface area contributed by atoms with Crippen LogP contribution in [0, 0.1) is 0 Å². The average molecular weight is 290 g/mol. The van der Waals surface area contributed by atoms with Gasteiger partial charge in [0.2, 0.25) is 0 Å². The van der Waals surface area contributed by atoms with E-state index in [2.05, 4.69) is 30.3 Å². The SMILES string of the molecule is Cl.N[C@H](CCF)c1c2ccccc2cc2ccccc12. The van der Waals surface area contributed by atoms with Crippen LogP contribution in [0.15, 0.2) is 54.6 Å². The third kappa shape index (κ3) is 2.49. The van der Waals surface area contributed by atoms with Crippen LogP contribution in [-0.2, 0) is 0 Å². The fourth-order valence-corrected chi connectivity index (χ4v) is 2.71. The van der Waals surface area contributed by atoms with Crippen molar-refractivity contribution in [2.75, 3.05) is 6.67 Å². The summed E-state index contributed by atoms with van der Waals surface area (Å²) in [6, 6.07) is 18.2. The summed E-state index contributed by atoms with van der Waals surface area (Å²) in [5, 5.41) is 4.57. The van der Waals surface area contributed by atoms with Crippen LogP contribution in [0.25, 0.3) is 21.5 Å². The summed E-state index contributed by atoms with van der Waals surface area (Å²) in [4.78, 5) is 0. The zero-order valence-corrected chi connectivity index (χ0v) is 11.9. The molecule has 1 atom stereocenters. The van der Waals surface area contributed by atoms with E-state index in [1.54, 1.807) is 0 Å². The molecule has 0 saturated carbocycles. The maximum Gasteiger partial charge on any atom is 0.0912 e. The van der Waals surface area contributed by atoms with Gasteiger partial charge in [0.1, 0.15) is 0 Å². The summed E-state index contributed by atoms with van der Waals surface area (Å²) in [5.74, 6) is 0. The van der Waals surface area contributed by atoms with Crippen molar-refractivity contribution in [3.8, 4) is 0 Å². The summed E-state index contributed by atoms with van der Waals surface area (Å²) in [7, 11) is 0. The monoisotopic (exact) mass is 289 g/mol. The zero-order valence-electron chi connectivity index (χ0n) is 11.1. The van der Waals surface area contributed by atoms with Crippen LogP contribution in [0.5, 0.6) is 0 Å². The van der Waals surface area contributed by atoms with Gasteiger partial charge in [-0.2, -0.15) is 0 Å². The van der Waals surface area contributed by atoms with Gasteiger partial charge in [-0.1, -0.05) is 48.5 Å². The Labute approximate surface area is 124 Å². The number of nitrogens with two attached hydrogens (primary N) is 1. The molecule has 0 aliphatic carbocycles. The van der Waals surface area contributed by atoms with Gasteiger partial charge >= 0.3 is 0 Å². The molecule has 0 aromatic heterocycles. The van der Waals surface area contributed by atoms with Crippen LogP contribution in [0.2, 0.25) is 0 Å². The lowest BCUT2D eigenvalue weighted by atomic mass is 9.91. The Bertz CT molecular complexity index is 672. The molecule has 2 N–H and O–H groups in total. The standard InChI is InChI=1S/C17H16FN.ClH/c18-10-9-16(19)17-14-7-3-1-5-12(14)11-13-6-2-4-8-15(13)17;/h1-8,11,16H,9-10,19H2;1H/t16-;/m1./s1. The van der Waals surface area contributed by atoms with Gasteiger partial charge in [-0.3, -0.25) is 4.39 Å². The van der Waals surface area contributed by atoms with Gasteiger partial charge < -0.3 is 5.73 Å². The Morgan fingerprint density at radius 1 is 0.900 bits per heavy atom. The molecule has 20 heavy (non-hydrogen) atoms. The first-order valence-electron chi connectivity index (χ1n) is 6.53. The number of alkyl halides is 1. The molecule has 3 rings (SSSR count). The molecule has 0 heterocycles. The average Bonchev–Trinajstić information content (AvgIpc) is 2.44. The normalized spacial score (nSPS) is 12.3. The number of rotatable bonds is 3. The van der Waals surface area contributed by atoms with E-state index in [0.29, 0.717) is 6.42 Å². The molecule has 3 aromatic rings. The molecule has 104 valence electrons. The Morgan fingerprint density at radius 3 is 1.90 bits per heavy atom. The van der Waals surface area contributed by atoms with E-state index in [-0.39, 0.29) is 18.4 Å². The molecule has 0 spiro atoms. The third-order valence-electron chi connectivity index (χ3n) is 3.60. The molecule has 0 saturated heterocycles. The lowest BCUT2D eigenvalue weighted by Crippen LogP contribution is -2.12. The second-order valence-electron chi connectivity index (χ2n) is 4.82. The summed E-state index contributed by atoms with van der Waals surface area (Å²) in [6.45, 7) is -0.390. The minimum absolute atomic E-state index is 0. The molecule has 0 amide bonds. The summed E-state index contributed by atoms with van der Waals surface area (Å²) in [6.07, 6.45) is 0.359. The second-order valence-corrected chi connectivity index (χ2v) is 4.82. The van der Waals surface area contributed by atoms with Crippen molar-refractivity contribution in [2.45, 2.75) is 12.5 Å². The number of halogens is 2. The van der Waals surface area contributed by atoms with Crippen LogP contribution in [0.3, 0.4) is 0 Å². The highest BCUT2D eigenvalue weighted by Crippen LogP contribution is 2.32. The molecule has 1 nitrogen and oxygen atoms in total. The van der Waals surface area contributed by atoms with E-state index >= 15 is 0 Å². The van der Waals surface area contributed by atoms with Gasteiger partial charge in [0.05, 0.1) is 6.67 Å². The molecule has 0 aliphatic heterocycles. The Balaban J connectivity index is 0.00000147. The predicted molar refractivity (Wildman–Crippen MR) is 86.2 cm³/mol. The first kappa shape index (κ1) is 14.8. The van der Waals surface area contributed by atoms with Crippen molar-refractivity contribution in [3.05, 3.63) is 60.2 Å². The zero-order chi connectivity index (χ0) is 13.2. The molecule has 0 aliphatic rings. The van der Waals surface area contributed by atoms with E-state index in [1.165, 1.54) is 0 Å². The van der Waals surface area contributed by atoms with Crippen molar-refractivity contribution < 1.29 is 4.39 Å². The lowest BCUT2D eigenvalue weighted by molar-refractivity contribution is 0.443. The van der Waals surface area contributed by atoms with E-state index in [9.17, 15) is 4.39 Å². The van der Waals surface area contributed by atoms with Crippen molar-refractivity contribution in [1.82, 2.24) is 0 Å². The highest BCUT2D eigenvalue weighted by atomic mass is 35.5. The second kappa shape index (κ2) is 6.21. The molecular weight excluding hydrogens is 273 g/mol. The highest BCUT2D eigenvalue weighted by molar-refractivity contribution is 6.02. The van der Waals surface area contributed by atoms with E-state index in [4.69, 9.17) is 5.73 Å². The summed E-state index contributed by atoms with van der Waals surface area (Å²) in [5.41, 5.74) is 7.26. The van der Waals surface area contributed by atoms with E-state index in [1.807, 2.05) is 24.3 Å². The topological polar surface area (TPSA) is 26.0 Å². The molecule has 0 fully saturated rings. The largest absolute Gasteiger partial charge is 0.324 e. The summed E-state index contributed by atoms with van der Waals surface area (Å²) >= 11 is 0. The Kier molecular flexibility index (Phi) is 4.58. The molecule has 0 bridgehead atoms. The van der Waals surface area contributed by atoms with Gasteiger partial charge in [0, 0.05) is 6.04 Å². The fraction of sp³-hybridized carbons (Fsp3) is 0.176. The van der Waals surface area contributed by atoms with Crippen molar-refractivity contribution in [2.24, 2.45) is 5.73 Å². The fourth-order valence-electron chi connectivity index (χ4n) is 2.71. The van der Waals surface area contributed by atoms with Crippen molar-refractivity contribution in [1.29, 1.82) is 0 Å². The van der Waals surface area contributed by atoms with Crippen LogP contribution in [-0.4, -0.2) is 6.67 Å². The van der Waals surface area contributed by atoms with Crippen LogP contribution in [0.4, 0.5) is 4.39 Å². The molecule has 0 unspecified atom stereocenters. The molecule has 3 heteroatoms. The van der Waals surface area contributed by atoms with Crippen molar-refractivity contribution >= 4 is 34.0 Å². The maximum atomic E-state index is 12.6. The van der Waals surface area contributed by atoms with Gasteiger partial charge in [-0.05, 0) is 39.6 Å². The minimum Gasteiger partial charge on any atom is -0.324 e. The van der Waals surface area contributed by atoms with Crippen LogP contribution < -0.4 is 5.73 Å². The number of benzene rings is 3. The number of hydrogen-bond acceptors (Lipinski definition) is 1. The maximum absolute atomic E-state index is 12.6. The van der Waals surface area contributed by atoms with Gasteiger partial charge in [0.25, 0.3) is 0 Å². The number of fused-ring (bicyclic) bond motifs is 2. The predicted octanol–water partition coefficient (Wildman–Crippen LogP) is 4.77. The number of hydrogen-bond donors (Lipinski definition) is 1. The molecular formula is C17H17ClFN. The van der Waals surface area contributed by atoms with E-state index in [0.717, 1.165) is 27.1 Å². The van der Waals surface area contributed by atoms with Gasteiger partial charge in [-0.25, -0.2) is 0 Å². The van der Waals surface area contributed by atoms with Crippen LogP contribution >= 0.6 is 12.4 Å². The smallest absolute Gasteiger partial charge is 0.0912 e. The van der Waals surface area contributed by atoms with Gasteiger partial charge in [0.15, 0.2) is 0 Å². The molecule has 0 radical (unpaired) electrons. The summed E-state index contributed by atoms with van der Waals surface area (Å²) < 4.78 is 12.6. The Morgan fingerprint density at radius 2 is 1.40 bits per heavy atom. The van der Waals surface area contributed by atoms with Crippen LogP contribution in [0.1, 0.15) is 18.0 Å². The first-order chi connectivity index (χ1) is 9.31. The van der Waals surface area contributed by atoms with Crippen molar-refractivity contribution in [3.63, 3.8) is 0 Å². The molecule has 3 aromatic carbocycles. The third-order valence-corrected chi connectivity index (χ3v) is 3.60.